The Hall–Kier alpha value is -2.62. The first-order chi connectivity index (χ1) is 14.7. The lowest BCUT2D eigenvalue weighted by molar-refractivity contribution is 0.0949. The van der Waals surface area contributed by atoms with Crippen LogP contribution in [0, 0.1) is 0 Å². The largest absolute Gasteiger partial charge is 0.461 e. The summed E-state index contributed by atoms with van der Waals surface area (Å²) in [6, 6.07) is 11.1. The second-order valence-corrected chi connectivity index (χ2v) is 8.59. The summed E-state index contributed by atoms with van der Waals surface area (Å²) in [6.07, 6.45) is 2.49. The minimum Gasteiger partial charge on any atom is -0.461 e. The summed E-state index contributed by atoms with van der Waals surface area (Å²) in [6.45, 7) is 2.65. The number of aromatic nitrogens is 4. The van der Waals surface area contributed by atoms with Gasteiger partial charge in [0.2, 0.25) is 5.82 Å². The smallest absolute Gasteiger partial charge is 0.270 e. The Labute approximate surface area is 186 Å². The lowest BCUT2D eigenvalue weighted by Crippen LogP contribution is -2.24. The van der Waals surface area contributed by atoms with Gasteiger partial charge in [-0.05, 0) is 42.8 Å². The van der Waals surface area contributed by atoms with E-state index in [9.17, 15) is 4.79 Å². The molecular weight excluding hydrogens is 442 g/mol. The van der Waals surface area contributed by atoms with Gasteiger partial charge in [0.25, 0.3) is 5.91 Å². The number of carbonyl (C=O) groups excluding carboxylic acids is 1. The quantitative estimate of drug-likeness (QED) is 0.370. The molecule has 0 atom stereocenters. The second kappa shape index (κ2) is 9.46. The lowest BCUT2D eigenvalue weighted by atomic mass is 10.3. The van der Waals surface area contributed by atoms with E-state index in [-0.39, 0.29) is 5.91 Å². The highest BCUT2D eigenvalue weighted by Gasteiger charge is 2.19. The summed E-state index contributed by atoms with van der Waals surface area (Å²) in [5.41, 5.74) is 1.32. The summed E-state index contributed by atoms with van der Waals surface area (Å²) in [5, 5.41) is 15.5. The minimum atomic E-state index is -0.145. The third-order valence-corrected chi connectivity index (χ3v) is 6.33. The average Bonchev–Trinajstić information content (AvgIpc) is 3.51. The van der Waals surface area contributed by atoms with Gasteiger partial charge < -0.3 is 9.73 Å². The molecule has 7 nitrogen and oxygen atoms in total. The number of thiazole rings is 1. The first kappa shape index (κ1) is 20.6. The van der Waals surface area contributed by atoms with Crippen LogP contribution < -0.4 is 5.32 Å². The summed E-state index contributed by atoms with van der Waals surface area (Å²) in [5.74, 6) is 1.64. The van der Waals surface area contributed by atoms with Crippen molar-refractivity contribution < 1.29 is 9.21 Å². The molecule has 0 aliphatic carbocycles. The summed E-state index contributed by atoms with van der Waals surface area (Å²) >= 11 is 8.99. The maximum atomic E-state index is 12.1. The van der Waals surface area contributed by atoms with E-state index in [4.69, 9.17) is 16.0 Å². The molecule has 0 radical (unpaired) electrons. The van der Waals surface area contributed by atoms with Crippen LogP contribution in [0.1, 0.15) is 28.8 Å². The van der Waals surface area contributed by atoms with Gasteiger partial charge in [0.15, 0.2) is 10.9 Å². The van der Waals surface area contributed by atoms with E-state index in [1.54, 1.807) is 11.6 Å². The van der Waals surface area contributed by atoms with Gasteiger partial charge in [-0.25, -0.2) is 4.98 Å². The molecule has 4 rings (SSSR count). The number of carbonyl (C=O) groups is 1. The highest BCUT2D eigenvalue weighted by atomic mass is 35.5. The summed E-state index contributed by atoms with van der Waals surface area (Å²) in [7, 11) is 0. The van der Waals surface area contributed by atoms with Crippen LogP contribution in [0.2, 0.25) is 5.02 Å². The van der Waals surface area contributed by atoms with E-state index >= 15 is 0 Å². The first-order valence-electron chi connectivity index (χ1n) is 9.26. The zero-order chi connectivity index (χ0) is 20.9. The summed E-state index contributed by atoms with van der Waals surface area (Å²) < 4.78 is 7.45. The highest BCUT2D eigenvalue weighted by Crippen LogP contribution is 2.31. The Kier molecular flexibility index (Phi) is 6.51. The van der Waals surface area contributed by atoms with Crippen LogP contribution in [-0.4, -0.2) is 32.2 Å². The zero-order valence-electron chi connectivity index (χ0n) is 16.0. The van der Waals surface area contributed by atoms with Crippen molar-refractivity contribution in [2.75, 3.05) is 6.54 Å². The van der Waals surface area contributed by atoms with Crippen molar-refractivity contribution in [3.8, 4) is 17.3 Å². The van der Waals surface area contributed by atoms with Crippen molar-refractivity contribution in [1.82, 2.24) is 25.1 Å². The molecule has 3 aromatic heterocycles. The zero-order valence-corrected chi connectivity index (χ0v) is 18.4. The van der Waals surface area contributed by atoms with Crippen molar-refractivity contribution >= 4 is 40.6 Å². The number of furan rings is 1. The average molecular weight is 460 g/mol. The number of nitrogens with zero attached hydrogens (tertiary/aromatic N) is 4. The Morgan fingerprint density at radius 2 is 2.10 bits per heavy atom. The number of hydrogen-bond acceptors (Lipinski definition) is 7. The molecule has 4 aromatic rings. The van der Waals surface area contributed by atoms with Gasteiger partial charge in [-0.3, -0.25) is 9.36 Å². The van der Waals surface area contributed by atoms with Gasteiger partial charge in [0, 0.05) is 22.6 Å². The maximum Gasteiger partial charge on any atom is 0.270 e. The third kappa shape index (κ3) is 4.58. The lowest BCUT2D eigenvalue weighted by Gasteiger charge is -2.09. The molecule has 0 spiro atoms. The molecule has 0 unspecified atom stereocenters. The van der Waals surface area contributed by atoms with Crippen molar-refractivity contribution in [2.45, 2.75) is 24.3 Å². The molecule has 1 N–H and O–H groups in total. The van der Waals surface area contributed by atoms with Gasteiger partial charge in [0.05, 0.1) is 12.0 Å². The van der Waals surface area contributed by atoms with E-state index < -0.39 is 0 Å². The van der Waals surface area contributed by atoms with Gasteiger partial charge in [-0.15, -0.1) is 21.5 Å². The van der Waals surface area contributed by atoms with Crippen LogP contribution in [0.4, 0.5) is 0 Å². The summed E-state index contributed by atoms with van der Waals surface area (Å²) in [4.78, 5) is 16.5. The fourth-order valence-corrected chi connectivity index (χ4v) is 4.56. The van der Waals surface area contributed by atoms with Crippen LogP contribution >= 0.6 is 34.7 Å². The molecule has 0 bridgehead atoms. The van der Waals surface area contributed by atoms with Crippen molar-refractivity contribution in [3.63, 3.8) is 0 Å². The van der Waals surface area contributed by atoms with E-state index in [1.807, 2.05) is 47.9 Å². The molecule has 0 aliphatic rings. The first-order valence-corrected chi connectivity index (χ1v) is 11.5. The molecule has 30 heavy (non-hydrogen) atoms. The Balaban J connectivity index is 1.57. The molecule has 3 heterocycles. The Morgan fingerprint density at radius 3 is 2.83 bits per heavy atom. The van der Waals surface area contributed by atoms with Crippen LogP contribution in [0.5, 0.6) is 0 Å². The van der Waals surface area contributed by atoms with Crippen molar-refractivity contribution in [3.05, 3.63) is 63.8 Å². The van der Waals surface area contributed by atoms with Gasteiger partial charge in [-0.1, -0.05) is 30.3 Å². The highest BCUT2D eigenvalue weighted by molar-refractivity contribution is 7.98. The number of hydrogen-bond donors (Lipinski definition) is 1. The van der Waals surface area contributed by atoms with Gasteiger partial charge >= 0.3 is 0 Å². The number of nitrogens with one attached hydrogen (secondary N) is 1. The van der Waals surface area contributed by atoms with Crippen LogP contribution in [-0.2, 0) is 5.75 Å². The third-order valence-electron chi connectivity index (χ3n) is 4.10. The van der Waals surface area contributed by atoms with E-state index in [0.29, 0.717) is 39.8 Å². The SMILES string of the molecule is CCCNC(=O)c1csc(CSc2nnc(-c3ccco3)n2-c2ccc(Cl)cc2)n1. The molecule has 0 saturated heterocycles. The van der Waals surface area contributed by atoms with Gasteiger partial charge in [-0.2, -0.15) is 0 Å². The molecule has 0 aliphatic heterocycles. The van der Waals surface area contributed by atoms with Crippen LogP contribution in [0.3, 0.4) is 0 Å². The fraction of sp³-hybridized carbons (Fsp3) is 0.200. The Morgan fingerprint density at radius 1 is 1.27 bits per heavy atom. The van der Waals surface area contributed by atoms with Gasteiger partial charge in [0.1, 0.15) is 10.7 Å². The van der Waals surface area contributed by atoms with Crippen molar-refractivity contribution in [1.29, 1.82) is 0 Å². The van der Waals surface area contributed by atoms with Crippen LogP contribution in [0.15, 0.2) is 57.6 Å². The minimum absolute atomic E-state index is 0.145. The molecule has 0 fully saturated rings. The molecular formula is C20H18ClN5O2S2. The normalized spacial score (nSPS) is 11.0. The van der Waals surface area contributed by atoms with E-state index in [1.165, 1.54) is 23.1 Å². The predicted octanol–water partition coefficient (Wildman–Crippen LogP) is 5.07. The number of thioether (sulfide) groups is 1. The van der Waals surface area contributed by atoms with E-state index in [2.05, 4.69) is 20.5 Å². The number of benzene rings is 1. The molecule has 1 amide bonds. The van der Waals surface area contributed by atoms with E-state index in [0.717, 1.165) is 17.1 Å². The number of rotatable bonds is 8. The molecule has 10 heteroatoms. The standard InChI is InChI=1S/C20H18ClN5O2S2/c1-2-9-22-19(27)15-11-29-17(23-15)12-30-20-25-24-18(16-4-3-10-28-16)26(20)14-7-5-13(21)6-8-14/h3-8,10-11H,2,9,12H2,1H3,(H,22,27). The molecule has 0 saturated carbocycles. The number of amides is 1. The van der Waals surface area contributed by atoms with Crippen LogP contribution in [0.25, 0.3) is 17.3 Å². The monoisotopic (exact) mass is 459 g/mol. The number of halogens is 1. The topological polar surface area (TPSA) is 85.8 Å². The molecule has 1 aromatic carbocycles. The maximum absolute atomic E-state index is 12.1. The van der Waals surface area contributed by atoms with Crippen molar-refractivity contribution in [2.24, 2.45) is 0 Å². The fourth-order valence-electron chi connectivity index (χ4n) is 2.69. The Bertz CT molecular complexity index is 1120. The molecule has 154 valence electrons. The second-order valence-electron chi connectivity index (χ2n) is 6.27. The predicted molar refractivity (Wildman–Crippen MR) is 118 cm³/mol.